The van der Waals surface area contributed by atoms with E-state index in [4.69, 9.17) is 4.74 Å². The molecule has 2 atom stereocenters. The molecule has 0 aliphatic carbocycles. The summed E-state index contributed by atoms with van der Waals surface area (Å²) in [6, 6.07) is 14.0. The molecule has 26 heavy (non-hydrogen) atoms. The van der Waals surface area contributed by atoms with Crippen LogP contribution in [0.3, 0.4) is 0 Å². The molecule has 2 aromatic carbocycles. The molecule has 0 radical (unpaired) electrons. The van der Waals surface area contributed by atoms with E-state index in [0.717, 1.165) is 22.0 Å². The standard InChI is InChI=1S/C17H16N2O6S/c1-25-16(20)17(11-13-7-3-2-4-8-13)12-18(17)26(23,24)15-10-6-5-9-14(15)19(21)22/h2-10H,11-12H2,1H3/t17-,18?/m0/s1. The Morgan fingerprint density at radius 1 is 1.19 bits per heavy atom. The first kappa shape index (κ1) is 18.0. The Bertz CT molecular complexity index is 960. The largest absolute Gasteiger partial charge is 0.468 e. The van der Waals surface area contributed by atoms with Crippen molar-refractivity contribution in [3.63, 3.8) is 0 Å². The van der Waals surface area contributed by atoms with Crippen LogP contribution in [0.5, 0.6) is 0 Å². The summed E-state index contributed by atoms with van der Waals surface area (Å²) in [5.41, 5.74) is -1.16. The third kappa shape index (κ3) is 2.95. The molecule has 0 aromatic heterocycles. The van der Waals surface area contributed by atoms with Crippen LogP contribution in [-0.2, 0) is 26.0 Å². The number of carbonyl (C=O) groups excluding carboxylic acids is 1. The first-order chi connectivity index (χ1) is 12.3. The number of ether oxygens (including phenoxy) is 1. The second-order valence-corrected chi connectivity index (χ2v) is 7.75. The normalized spacial score (nSPS) is 21.8. The fourth-order valence-electron chi connectivity index (χ4n) is 2.97. The van der Waals surface area contributed by atoms with Crippen LogP contribution in [0.4, 0.5) is 5.69 Å². The molecule has 9 heteroatoms. The molecule has 3 rings (SSSR count). The number of carbonyl (C=O) groups is 1. The van der Waals surface area contributed by atoms with Crippen LogP contribution in [-0.4, -0.2) is 42.8 Å². The van der Waals surface area contributed by atoms with Gasteiger partial charge in [-0.2, -0.15) is 4.31 Å². The van der Waals surface area contributed by atoms with E-state index in [-0.39, 0.29) is 13.0 Å². The molecule has 8 nitrogen and oxygen atoms in total. The lowest BCUT2D eigenvalue weighted by Gasteiger charge is -2.16. The molecule has 1 fully saturated rings. The topological polar surface area (TPSA) is 107 Å². The molecule has 0 saturated carbocycles. The highest BCUT2D eigenvalue weighted by Gasteiger charge is 2.65. The van der Waals surface area contributed by atoms with Gasteiger partial charge in [-0.15, -0.1) is 0 Å². The number of nitrogens with zero attached hydrogens (tertiary/aromatic N) is 2. The maximum atomic E-state index is 13.0. The number of hydrogen-bond acceptors (Lipinski definition) is 6. The number of hydrogen-bond donors (Lipinski definition) is 0. The number of esters is 1. The average molecular weight is 376 g/mol. The first-order valence-corrected chi connectivity index (χ1v) is 9.15. The first-order valence-electron chi connectivity index (χ1n) is 7.71. The lowest BCUT2D eigenvalue weighted by Crippen LogP contribution is -2.35. The van der Waals surface area contributed by atoms with Crippen molar-refractivity contribution in [2.24, 2.45) is 0 Å². The minimum absolute atomic E-state index is 0.0943. The zero-order chi connectivity index (χ0) is 18.9. The van der Waals surface area contributed by atoms with E-state index in [1.807, 2.05) is 6.07 Å². The van der Waals surface area contributed by atoms with Crippen LogP contribution in [0.1, 0.15) is 5.56 Å². The van der Waals surface area contributed by atoms with Crippen molar-refractivity contribution < 1.29 is 22.9 Å². The quantitative estimate of drug-likeness (QED) is 0.329. The van der Waals surface area contributed by atoms with Gasteiger partial charge in [0.05, 0.1) is 12.0 Å². The Labute approximate surface area is 150 Å². The third-order valence-electron chi connectivity index (χ3n) is 4.31. The van der Waals surface area contributed by atoms with Gasteiger partial charge in [0, 0.05) is 19.0 Å². The Morgan fingerprint density at radius 2 is 1.81 bits per heavy atom. The Kier molecular flexibility index (Phi) is 4.51. The number of nitro benzene ring substituents is 1. The molecule has 1 aliphatic heterocycles. The van der Waals surface area contributed by atoms with Crippen LogP contribution >= 0.6 is 0 Å². The van der Waals surface area contributed by atoms with E-state index < -0.39 is 37.0 Å². The molecule has 1 saturated heterocycles. The fourth-order valence-corrected chi connectivity index (χ4v) is 4.85. The minimum Gasteiger partial charge on any atom is -0.468 e. The highest BCUT2D eigenvalue weighted by molar-refractivity contribution is 7.89. The van der Waals surface area contributed by atoms with E-state index in [1.165, 1.54) is 19.2 Å². The maximum Gasteiger partial charge on any atom is 0.329 e. The molecule has 1 heterocycles. The SMILES string of the molecule is COC(=O)[C@]1(Cc2ccccc2)CN1S(=O)(=O)c1ccccc1[N+](=O)[O-]. The second-order valence-electron chi connectivity index (χ2n) is 5.92. The van der Waals surface area contributed by atoms with E-state index >= 15 is 0 Å². The van der Waals surface area contributed by atoms with Crippen LogP contribution < -0.4 is 0 Å². The number of sulfonamides is 1. The maximum absolute atomic E-state index is 13.0. The predicted octanol–water partition coefficient (Wildman–Crippen LogP) is 1.75. The molecule has 0 N–H and O–H groups in total. The monoisotopic (exact) mass is 376 g/mol. The summed E-state index contributed by atoms with van der Waals surface area (Å²) in [5.74, 6) is -0.691. The Hall–Kier alpha value is -2.78. The van der Waals surface area contributed by atoms with E-state index in [2.05, 4.69) is 0 Å². The minimum atomic E-state index is -4.23. The van der Waals surface area contributed by atoms with Crippen molar-refractivity contribution in [2.75, 3.05) is 13.7 Å². The fraction of sp³-hybridized carbons (Fsp3) is 0.235. The highest BCUT2D eigenvalue weighted by atomic mass is 32.2. The van der Waals surface area contributed by atoms with Crippen LogP contribution in [0, 0.1) is 10.1 Å². The van der Waals surface area contributed by atoms with Crippen LogP contribution in [0.25, 0.3) is 0 Å². The molecular weight excluding hydrogens is 360 g/mol. The highest BCUT2D eigenvalue weighted by Crippen LogP contribution is 2.43. The van der Waals surface area contributed by atoms with Gasteiger partial charge in [-0.1, -0.05) is 42.5 Å². The Balaban J connectivity index is 2.01. The predicted molar refractivity (Wildman–Crippen MR) is 91.9 cm³/mol. The summed E-state index contributed by atoms with van der Waals surface area (Å²) in [6.45, 7) is -0.0943. The number of benzene rings is 2. The van der Waals surface area contributed by atoms with Crippen LogP contribution in [0.2, 0.25) is 0 Å². The van der Waals surface area contributed by atoms with Crippen molar-refractivity contribution in [3.05, 3.63) is 70.3 Å². The number of methoxy groups -OCH3 is 1. The van der Waals surface area contributed by atoms with Crippen molar-refractivity contribution in [2.45, 2.75) is 16.9 Å². The lowest BCUT2D eigenvalue weighted by molar-refractivity contribution is -0.387. The smallest absolute Gasteiger partial charge is 0.329 e. The summed E-state index contributed by atoms with van der Waals surface area (Å²) in [7, 11) is -3.05. The molecule has 0 bridgehead atoms. The second kappa shape index (κ2) is 6.50. The van der Waals surface area contributed by atoms with Gasteiger partial charge in [0.15, 0.2) is 10.4 Å². The molecule has 1 aliphatic rings. The van der Waals surface area contributed by atoms with Gasteiger partial charge in [-0.05, 0) is 11.6 Å². The van der Waals surface area contributed by atoms with Crippen LogP contribution in [0.15, 0.2) is 59.5 Å². The third-order valence-corrected chi connectivity index (χ3v) is 6.27. The van der Waals surface area contributed by atoms with E-state index in [9.17, 15) is 23.3 Å². The van der Waals surface area contributed by atoms with E-state index in [0.29, 0.717) is 0 Å². The van der Waals surface area contributed by atoms with Crippen molar-refractivity contribution in [3.8, 4) is 0 Å². The summed E-state index contributed by atoms with van der Waals surface area (Å²) in [4.78, 5) is 22.3. The number of para-hydroxylation sites is 1. The molecule has 0 amide bonds. The average Bonchev–Trinajstić information content (AvgIpc) is 3.38. The van der Waals surface area contributed by atoms with Crippen molar-refractivity contribution in [1.82, 2.24) is 4.31 Å². The molecular formula is C17H16N2O6S. The van der Waals surface area contributed by atoms with Gasteiger partial charge in [-0.3, -0.25) is 10.1 Å². The van der Waals surface area contributed by atoms with Gasteiger partial charge < -0.3 is 4.74 Å². The summed E-state index contributed by atoms with van der Waals surface area (Å²) in [5, 5.41) is 11.2. The van der Waals surface area contributed by atoms with Crippen molar-refractivity contribution in [1.29, 1.82) is 0 Å². The molecule has 2 aromatic rings. The zero-order valence-electron chi connectivity index (χ0n) is 13.9. The molecule has 136 valence electrons. The number of nitro groups is 1. The van der Waals surface area contributed by atoms with Gasteiger partial charge in [-0.25, -0.2) is 13.2 Å². The zero-order valence-corrected chi connectivity index (χ0v) is 14.7. The molecule has 1 unspecified atom stereocenters. The van der Waals surface area contributed by atoms with Gasteiger partial charge in [0.2, 0.25) is 0 Å². The van der Waals surface area contributed by atoms with Gasteiger partial charge in [0.1, 0.15) is 0 Å². The van der Waals surface area contributed by atoms with E-state index in [1.54, 1.807) is 24.3 Å². The lowest BCUT2D eigenvalue weighted by atomic mass is 10.00. The Morgan fingerprint density at radius 3 is 2.42 bits per heavy atom. The van der Waals surface area contributed by atoms with Crippen molar-refractivity contribution >= 4 is 21.7 Å². The van der Waals surface area contributed by atoms with Gasteiger partial charge in [0.25, 0.3) is 15.7 Å². The summed E-state index contributed by atoms with van der Waals surface area (Å²) < 4.78 is 31.7. The summed E-state index contributed by atoms with van der Waals surface area (Å²) in [6.07, 6.45) is 0.125. The molecule has 0 spiro atoms. The summed E-state index contributed by atoms with van der Waals surface area (Å²) >= 11 is 0. The van der Waals surface area contributed by atoms with Gasteiger partial charge >= 0.3 is 5.97 Å². The number of rotatable bonds is 6.